The molecule has 0 amide bonds. The average Bonchev–Trinajstić information content (AvgIpc) is 3.08. The van der Waals surface area contributed by atoms with Gasteiger partial charge in [0.15, 0.2) is 0 Å². The summed E-state index contributed by atoms with van der Waals surface area (Å²) in [6.45, 7) is 5.65. The molecule has 2 aromatic rings. The van der Waals surface area contributed by atoms with Gasteiger partial charge >= 0.3 is 0 Å². The zero-order valence-corrected chi connectivity index (χ0v) is 13.9. The first-order valence-corrected chi connectivity index (χ1v) is 8.48. The number of nitrogens with two attached hydrogens (primary N) is 1. The van der Waals surface area contributed by atoms with E-state index < -0.39 is 0 Å². The van der Waals surface area contributed by atoms with Crippen LogP contribution in [-0.2, 0) is 6.61 Å². The van der Waals surface area contributed by atoms with E-state index in [9.17, 15) is 0 Å². The summed E-state index contributed by atoms with van der Waals surface area (Å²) in [5.41, 5.74) is 9.75. The molecule has 122 valence electrons. The lowest BCUT2D eigenvalue weighted by Crippen LogP contribution is -2.31. The highest BCUT2D eigenvalue weighted by molar-refractivity contribution is 5.31. The number of likely N-dealkylation sites (tertiary alicyclic amines) is 1. The molecule has 2 N–H and O–H groups in total. The average molecular weight is 310 g/mol. The SMILES string of the molecule is Cc1cccc(COc2cccc(C(CN)N3CCCC3)c2)c1. The second-order valence-corrected chi connectivity index (χ2v) is 6.34. The van der Waals surface area contributed by atoms with Gasteiger partial charge in [-0.15, -0.1) is 0 Å². The molecule has 1 fully saturated rings. The number of hydrogen-bond donors (Lipinski definition) is 1. The maximum atomic E-state index is 6.03. The van der Waals surface area contributed by atoms with Gasteiger partial charge in [0.2, 0.25) is 0 Å². The summed E-state index contributed by atoms with van der Waals surface area (Å²) >= 11 is 0. The van der Waals surface area contributed by atoms with Crippen molar-refractivity contribution in [3.63, 3.8) is 0 Å². The van der Waals surface area contributed by atoms with Crippen molar-refractivity contribution < 1.29 is 4.74 Å². The lowest BCUT2D eigenvalue weighted by molar-refractivity contribution is 0.249. The summed E-state index contributed by atoms with van der Waals surface area (Å²) in [6.07, 6.45) is 2.56. The summed E-state index contributed by atoms with van der Waals surface area (Å²) in [5, 5.41) is 0. The molecule has 0 spiro atoms. The van der Waals surface area contributed by atoms with Crippen LogP contribution in [0.25, 0.3) is 0 Å². The number of aryl methyl sites for hydroxylation is 1. The standard InChI is InChI=1S/C20H26N2O/c1-16-6-4-7-17(12-16)15-23-19-9-5-8-18(13-19)20(14-21)22-10-2-3-11-22/h4-9,12-13,20H,2-3,10-11,14-15,21H2,1H3. The molecular formula is C20H26N2O. The van der Waals surface area contributed by atoms with Gasteiger partial charge in [-0.1, -0.05) is 42.0 Å². The highest BCUT2D eigenvalue weighted by Crippen LogP contribution is 2.27. The first kappa shape index (κ1) is 16.0. The number of benzene rings is 2. The molecule has 2 aromatic carbocycles. The van der Waals surface area contributed by atoms with Crippen LogP contribution in [0.5, 0.6) is 5.75 Å². The van der Waals surface area contributed by atoms with E-state index in [-0.39, 0.29) is 0 Å². The fourth-order valence-electron chi connectivity index (χ4n) is 3.33. The Morgan fingerprint density at radius 2 is 1.87 bits per heavy atom. The highest BCUT2D eigenvalue weighted by atomic mass is 16.5. The minimum absolute atomic E-state index is 0.306. The first-order valence-electron chi connectivity index (χ1n) is 8.48. The predicted octanol–water partition coefficient (Wildman–Crippen LogP) is 3.67. The van der Waals surface area contributed by atoms with E-state index >= 15 is 0 Å². The number of ether oxygens (including phenoxy) is 1. The van der Waals surface area contributed by atoms with Gasteiger partial charge in [0.25, 0.3) is 0 Å². The minimum atomic E-state index is 0.306. The van der Waals surface area contributed by atoms with Gasteiger partial charge in [-0.25, -0.2) is 0 Å². The second-order valence-electron chi connectivity index (χ2n) is 6.34. The van der Waals surface area contributed by atoms with Crippen LogP contribution in [0.4, 0.5) is 0 Å². The summed E-state index contributed by atoms with van der Waals surface area (Å²) in [6, 6.07) is 17.1. The van der Waals surface area contributed by atoms with Crippen LogP contribution in [0.15, 0.2) is 48.5 Å². The van der Waals surface area contributed by atoms with Crippen LogP contribution in [0.1, 0.15) is 35.6 Å². The highest BCUT2D eigenvalue weighted by Gasteiger charge is 2.22. The smallest absolute Gasteiger partial charge is 0.120 e. The quantitative estimate of drug-likeness (QED) is 0.885. The third-order valence-corrected chi connectivity index (χ3v) is 4.54. The molecule has 0 bridgehead atoms. The second kappa shape index (κ2) is 7.62. The summed E-state index contributed by atoms with van der Waals surface area (Å²) in [5.74, 6) is 0.918. The van der Waals surface area contributed by atoms with Crippen molar-refractivity contribution in [3.05, 3.63) is 65.2 Å². The van der Waals surface area contributed by atoms with E-state index in [2.05, 4.69) is 54.3 Å². The molecule has 0 aromatic heterocycles. The molecule has 1 unspecified atom stereocenters. The Labute approximate surface area is 139 Å². The molecule has 1 saturated heterocycles. The van der Waals surface area contributed by atoms with Crippen LogP contribution in [-0.4, -0.2) is 24.5 Å². The predicted molar refractivity (Wildman–Crippen MR) is 94.6 cm³/mol. The Balaban J connectivity index is 1.69. The van der Waals surface area contributed by atoms with Crippen LogP contribution in [0.3, 0.4) is 0 Å². The van der Waals surface area contributed by atoms with E-state index in [1.807, 2.05) is 6.07 Å². The maximum absolute atomic E-state index is 6.03. The molecule has 0 aliphatic carbocycles. The molecule has 0 radical (unpaired) electrons. The topological polar surface area (TPSA) is 38.5 Å². The van der Waals surface area contributed by atoms with Crippen LogP contribution >= 0.6 is 0 Å². The summed E-state index contributed by atoms with van der Waals surface area (Å²) in [7, 11) is 0. The van der Waals surface area contributed by atoms with Gasteiger partial charge in [-0.2, -0.15) is 0 Å². The van der Waals surface area contributed by atoms with Crippen LogP contribution in [0.2, 0.25) is 0 Å². The van der Waals surface area contributed by atoms with E-state index in [0.29, 0.717) is 19.2 Å². The minimum Gasteiger partial charge on any atom is -0.489 e. The molecule has 23 heavy (non-hydrogen) atoms. The van der Waals surface area contributed by atoms with Crippen molar-refractivity contribution >= 4 is 0 Å². The van der Waals surface area contributed by atoms with Crippen molar-refractivity contribution in [3.8, 4) is 5.75 Å². The van der Waals surface area contributed by atoms with E-state index in [0.717, 1.165) is 18.8 Å². The van der Waals surface area contributed by atoms with Crippen molar-refractivity contribution in [2.75, 3.05) is 19.6 Å². The third kappa shape index (κ3) is 4.12. The van der Waals surface area contributed by atoms with Crippen molar-refractivity contribution in [2.24, 2.45) is 5.73 Å². The van der Waals surface area contributed by atoms with Crippen LogP contribution < -0.4 is 10.5 Å². The lowest BCUT2D eigenvalue weighted by atomic mass is 10.1. The van der Waals surface area contributed by atoms with Gasteiger partial charge in [0.05, 0.1) is 0 Å². The van der Waals surface area contributed by atoms with Crippen molar-refractivity contribution in [2.45, 2.75) is 32.4 Å². The van der Waals surface area contributed by atoms with Gasteiger partial charge in [0.1, 0.15) is 12.4 Å². The van der Waals surface area contributed by atoms with Crippen molar-refractivity contribution in [1.82, 2.24) is 4.90 Å². The van der Waals surface area contributed by atoms with E-state index in [1.165, 1.54) is 29.5 Å². The fourth-order valence-corrected chi connectivity index (χ4v) is 3.33. The van der Waals surface area contributed by atoms with Gasteiger partial charge < -0.3 is 10.5 Å². The van der Waals surface area contributed by atoms with Gasteiger partial charge in [0, 0.05) is 12.6 Å². The molecule has 0 saturated carbocycles. The zero-order chi connectivity index (χ0) is 16.1. The molecule has 3 nitrogen and oxygen atoms in total. The Bertz CT molecular complexity index is 635. The Hall–Kier alpha value is -1.84. The van der Waals surface area contributed by atoms with E-state index in [4.69, 9.17) is 10.5 Å². The summed E-state index contributed by atoms with van der Waals surface area (Å²) in [4.78, 5) is 2.49. The molecule has 3 rings (SSSR count). The monoisotopic (exact) mass is 310 g/mol. The van der Waals surface area contributed by atoms with Crippen LogP contribution in [0, 0.1) is 6.92 Å². The Morgan fingerprint density at radius 1 is 1.09 bits per heavy atom. The largest absolute Gasteiger partial charge is 0.489 e. The maximum Gasteiger partial charge on any atom is 0.120 e. The molecule has 1 aliphatic rings. The molecule has 1 atom stereocenters. The number of hydrogen-bond acceptors (Lipinski definition) is 3. The molecule has 1 aliphatic heterocycles. The van der Waals surface area contributed by atoms with Gasteiger partial charge in [-0.05, 0) is 56.1 Å². The summed E-state index contributed by atoms with van der Waals surface area (Å²) < 4.78 is 5.99. The third-order valence-electron chi connectivity index (χ3n) is 4.54. The Morgan fingerprint density at radius 3 is 2.61 bits per heavy atom. The first-order chi connectivity index (χ1) is 11.3. The normalized spacial score (nSPS) is 16.4. The Kier molecular flexibility index (Phi) is 5.31. The van der Waals surface area contributed by atoms with E-state index in [1.54, 1.807) is 0 Å². The van der Waals surface area contributed by atoms with Gasteiger partial charge in [-0.3, -0.25) is 4.90 Å². The number of nitrogens with zero attached hydrogens (tertiary/aromatic N) is 1. The molecule has 3 heteroatoms. The van der Waals surface area contributed by atoms with Crippen molar-refractivity contribution in [1.29, 1.82) is 0 Å². The fraction of sp³-hybridized carbons (Fsp3) is 0.400. The lowest BCUT2D eigenvalue weighted by Gasteiger charge is -2.26. The number of rotatable bonds is 6. The zero-order valence-electron chi connectivity index (χ0n) is 13.9. The molecule has 1 heterocycles. The molecular weight excluding hydrogens is 284 g/mol.